The fourth-order valence-corrected chi connectivity index (χ4v) is 3.29. The van der Waals surface area contributed by atoms with Crippen molar-refractivity contribution in [3.8, 4) is 0 Å². The Bertz CT molecular complexity index is 465. The molecular weight excluding hydrogens is 226 g/mol. The van der Waals surface area contributed by atoms with Crippen LogP contribution in [0.5, 0.6) is 0 Å². The maximum Gasteiger partial charge on any atom is 0.321 e. The maximum atomic E-state index is 11.5. The second kappa shape index (κ2) is 4.39. The average Bonchev–Trinajstić information content (AvgIpc) is 2.33. The van der Waals surface area contributed by atoms with Crippen molar-refractivity contribution in [2.75, 3.05) is 0 Å². The van der Waals surface area contributed by atoms with E-state index in [2.05, 4.69) is 24.0 Å². The Labute approximate surface area is 107 Å². The van der Waals surface area contributed by atoms with E-state index in [4.69, 9.17) is 0 Å². The van der Waals surface area contributed by atoms with E-state index < -0.39 is 5.97 Å². The molecule has 1 aromatic rings. The predicted molar refractivity (Wildman–Crippen MR) is 69.3 cm³/mol. The number of benzene rings is 1. The first-order valence-electron chi connectivity index (χ1n) is 6.70. The van der Waals surface area contributed by atoms with Crippen molar-refractivity contribution in [1.82, 2.24) is 4.90 Å². The van der Waals surface area contributed by atoms with Gasteiger partial charge in [0.25, 0.3) is 0 Å². The molecule has 1 heterocycles. The molecule has 1 fully saturated rings. The molecule has 96 valence electrons. The van der Waals surface area contributed by atoms with Gasteiger partial charge >= 0.3 is 5.97 Å². The van der Waals surface area contributed by atoms with Crippen molar-refractivity contribution in [1.29, 1.82) is 0 Å². The van der Waals surface area contributed by atoms with Crippen LogP contribution in [0.15, 0.2) is 24.3 Å². The number of fused-ring (bicyclic) bond motifs is 1. The van der Waals surface area contributed by atoms with Crippen molar-refractivity contribution in [3.05, 3.63) is 35.4 Å². The summed E-state index contributed by atoms with van der Waals surface area (Å²) in [6.45, 7) is 3.04. The summed E-state index contributed by atoms with van der Waals surface area (Å²) < 4.78 is 0. The lowest BCUT2D eigenvalue weighted by atomic mass is 9.78. The van der Waals surface area contributed by atoms with E-state index in [1.807, 2.05) is 12.1 Å². The molecule has 1 aliphatic heterocycles. The quantitative estimate of drug-likeness (QED) is 0.869. The molecule has 18 heavy (non-hydrogen) atoms. The summed E-state index contributed by atoms with van der Waals surface area (Å²) in [5.74, 6) is 0.0747. The summed E-state index contributed by atoms with van der Waals surface area (Å²) in [7, 11) is 0. The fourth-order valence-electron chi connectivity index (χ4n) is 3.29. The Balaban J connectivity index is 1.86. The third kappa shape index (κ3) is 1.93. The van der Waals surface area contributed by atoms with Gasteiger partial charge in [-0.3, -0.25) is 9.69 Å². The number of rotatable bonds is 2. The standard InChI is InChI=1S/C15H19NO2/c1-10-6-13(7-10)16-9-12-5-3-2-4-11(12)8-14(16)15(17)18/h2-5,10,13-14H,6-9H2,1H3,(H,17,18). The lowest BCUT2D eigenvalue weighted by Gasteiger charge is -2.46. The highest BCUT2D eigenvalue weighted by Gasteiger charge is 2.40. The third-order valence-electron chi connectivity index (χ3n) is 4.39. The summed E-state index contributed by atoms with van der Waals surface area (Å²) in [4.78, 5) is 13.7. The zero-order valence-electron chi connectivity index (χ0n) is 10.7. The molecule has 0 spiro atoms. The van der Waals surface area contributed by atoms with E-state index in [-0.39, 0.29) is 6.04 Å². The molecule has 1 aliphatic carbocycles. The lowest BCUT2D eigenvalue weighted by molar-refractivity contribution is -0.146. The second-order valence-electron chi connectivity index (χ2n) is 5.73. The van der Waals surface area contributed by atoms with Crippen LogP contribution in [0.2, 0.25) is 0 Å². The van der Waals surface area contributed by atoms with Gasteiger partial charge in [0, 0.05) is 12.6 Å². The summed E-state index contributed by atoms with van der Waals surface area (Å²) in [6.07, 6.45) is 2.94. The van der Waals surface area contributed by atoms with Gasteiger partial charge in [-0.1, -0.05) is 31.2 Å². The largest absolute Gasteiger partial charge is 0.480 e. The first-order chi connectivity index (χ1) is 8.65. The van der Waals surface area contributed by atoms with Gasteiger partial charge in [0.05, 0.1) is 0 Å². The minimum Gasteiger partial charge on any atom is -0.480 e. The number of carbonyl (C=O) groups is 1. The van der Waals surface area contributed by atoms with Crippen LogP contribution in [0.4, 0.5) is 0 Å². The highest BCUT2D eigenvalue weighted by Crippen LogP contribution is 2.36. The number of carboxylic acid groups (broad SMARTS) is 1. The van der Waals surface area contributed by atoms with Crippen LogP contribution in [0.25, 0.3) is 0 Å². The highest BCUT2D eigenvalue weighted by atomic mass is 16.4. The van der Waals surface area contributed by atoms with Gasteiger partial charge in [0.15, 0.2) is 0 Å². The molecule has 3 heteroatoms. The molecule has 0 saturated heterocycles. The monoisotopic (exact) mass is 245 g/mol. The second-order valence-corrected chi connectivity index (χ2v) is 5.73. The zero-order valence-corrected chi connectivity index (χ0v) is 10.7. The Morgan fingerprint density at radius 1 is 1.28 bits per heavy atom. The number of carboxylic acids is 1. The molecule has 0 radical (unpaired) electrons. The molecule has 1 unspecified atom stereocenters. The van der Waals surface area contributed by atoms with Gasteiger partial charge in [0.2, 0.25) is 0 Å². The molecule has 0 aromatic heterocycles. The van der Waals surface area contributed by atoms with E-state index in [1.54, 1.807) is 0 Å². The topological polar surface area (TPSA) is 40.5 Å². The molecular formula is C15H19NO2. The molecule has 1 saturated carbocycles. The van der Waals surface area contributed by atoms with Crippen LogP contribution in [0.1, 0.15) is 30.9 Å². The Kier molecular flexibility index (Phi) is 2.86. The van der Waals surface area contributed by atoms with Crippen molar-refractivity contribution in [2.45, 2.75) is 44.8 Å². The van der Waals surface area contributed by atoms with Crippen molar-refractivity contribution in [2.24, 2.45) is 5.92 Å². The Morgan fingerprint density at radius 3 is 2.56 bits per heavy atom. The van der Waals surface area contributed by atoms with E-state index in [0.717, 1.165) is 25.3 Å². The number of hydrogen-bond acceptors (Lipinski definition) is 2. The third-order valence-corrected chi connectivity index (χ3v) is 4.39. The maximum absolute atomic E-state index is 11.5. The number of aliphatic carboxylic acids is 1. The van der Waals surface area contributed by atoms with Crippen LogP contribution in [0, 0.1) is 5.92 Å². The molecule has 3 nitrogen and oxygen atoms in total. The van der Waals surface area contributed by atoms with E-state index in [0.29, 0.717) is 12.5 Å². The minimum absolute atomic E-state index is 0.336. The van der Waals surface area contributed by atoms with Crippen LogP contribution < -0.4 is 0 Å². The predicted octanol–water partition coefficient (Wildman–Crippen LogP) is 2.30. The summed E-state index contributed by atoms with van der Waals surface area (Å²) in [5, 5.41) is 9.43. The average molecular weight is 245 g/mol. The smallest absolute Gasteiger partial charge is 0.321 e. The van der Waals surface area contributed by atoms with Gasteiger partial charge in [-0.05, 0) is 36.3 Å². The number of hydrogen-bond donors (Lipinski definition) is 1. The van der Waals surface area contributed by atoms with Gasteiger partial charge in [0.1, 0.15) is 6.04 Å². The van der Waals surface area contributed by atoms with Gasteiger partial charge in [-0.15, -0.1) is 0 Å². The first kappa shape index (κ1) is 11.7. The Morgan fingerprint density at radius 2 is 1.94 bits per heavy atom. The van der Waals surface area contributed by atoms with E-state index in [1.165, 1.54) is 11.1 Å². The molecule has 3 rings (SSSR count). The van der Waals surface area contributed by atoms with Crippen LogP contribution >= 0.6 is 0 Å². The summed E-state index contributed by atoms with van der Waals surface area (Å²) in [6, 6.07) is 8.36. The molecule has 2 aliphatic rings. The van der Waals surface area contributed by atoms with Gasteiger partial charge in [-0.2, -0.15) is 0 Å². The number of nitrogens with zero attached hydrogens (tertiary/aromatic N) is 1. The van der Waals surface area contributed by atoms with Crippen LogP contribution in [0.3, 0.4) is 0 Å². The molecule has 1 atom stereocenters. The molecule has 0 bridgehead atoms. The van der Waals surface area contributed by atoms with Crippen LogP contribution in [-0.2, 0) is 17.8 Å². The van der Waals surface area contributed by atoms with Gasteiger partial charge < -0.3 is 5.11 Å². The Hall–Kier alpha value is -1.35. The van der Waals surface area contributed by atoms with Crippen LogP contribution in [-0.4, -0.2) is 28.1 Å². The summed E-state index contributed by atoms with van der Waals surface area (Å²) in [5.41, 5.74) is 2.50. The fraction of sp³-hybridized carbons (Fsp3) is 0.533. The highest BCUT2D eigenvalue weighted by molar-refractivity contribution is 5.74. The van der Waals surface area contributed by atoms with Gasteiger partial charge in [-0.25, -0.2) is 0 Å². The van der Waals surface area contributed by atoms with Crippen molar-refractivity contribution < 1.29 is 9.90 Å². The lowest BCUT2D eigenvalue weighted by Crippen LogP contribution is -2.54. The molecule has 1 aromatic carbocycles. The normalized spacial score (nSPS) is 31.5. The molecule has 0 amide bonds. The zero-order chi connectivity index (χ0) is 12.7. The van der Waals surface area contributed by atoms with Crippen molar-refractivity contribution in [3.63, 3.8) is 0 Å². The summed E-state index contributed by atoms with van der Waals surface area (Å²) >= 11 is 0. The minimum atomic E-state index is -0.677. The van der Waals surface area contributed by atoms with E-state index >= 15 is 0 Å². The molecule has 1 N–H and O–H groups in total. The first-order valence-corrected chi connectivity index (χ1v) is 6.70. The van der Waals surface area contributed by atoms with Crippen molar-refractivity contribution >= 4 is 5.97 Å². The van der Waals surface area contributed by atoms with E-state index in [9.17, 15) is 9.90 Å². The SMILES string of the molecule is CC1CC(N2Cc3ccccc3CC2C(=O)O)C1.